The number of halogens is 2. The molecule has 2 unspecified atom stereocenters. The first-order valence-corrected chi connectivity index (χ1v) is 11.4. The highest BCUT2D eigenvalue weighted by atomic mass is 35.5. The Balaban J connectivity index is 1.62. The largest absolute Gasteiger partial charge is 0.379 e. The highest BCUT2D eigenvalue weighted by Gasteiger charge is 2.69. The summed E-state index contributed by atoms with van der Waals surface area (Å²) in [7, 11) is 0. The van der Waals surface area contributed by atoms with Crippen molar-refractivity contribution in [2.24, 2.45) is 11.8 Å². The van der Waals surface area contributed by atoms with Gasteiger partial charge < -0.3 is 5.11 Å². The predicted molar refractivity (Wildman–Crippen MR) is 113 cm³/mol. The molecule has 1 saturated carbocycles. The van der Waals surface area contributed by atoms with Gasteiger partial charge in [0.2, 0.25) is 11.8 Å². The van der Waals surface area contributed by atoms with Gasteiger partial charge in [0.25, 0.3) is 0 Å². The minimum Gasteiger partial charge on any atom is -0.379 e. The van der Waals surface area contributed by atoms with Crippen LogP contribution in [0.5, 0.6) is 0 Å². The highest BCUT2D eigenvalue weighted by Crippen LogP contribution is 2.65. The first-order valence-electron chi connectivity index (χ1n) is 10.6. The summed E-state index contributed by atoms with van der Waals surface area (Å²) in [5, 5.41) is 13.2. The van der Waals surface area contributed by atoms with Crippen LogP contribution >= 0.6 is 23.2 Å². The second kappa shape index (κ2) is 6.32. The third-order valence-electron chi connectivity index (χ3n) is 7.68. The Bertz CT molecular complexity index is 1050. The maximum Gasteiger partial charge on any atom is 0.237 e. The fraction of sp³-hybridized carbons (Fsp3) is 0.417. The van der Waals surface area contributed by atoms with Crippen LogP contribution in [0, 0.1) is 11.8 Å². The zero-order chi connectivity index (χ0) is 20.8. The van der Waals surface area contributed by atoms with Gasteiger partial charge in [-0.3, -0.25) is 14.5 Å². The molecule has 154 valence electrons. The van der Waals surface area contributed by atoms with Crippen LogP contribution in [0.1, 0.15) is 60.3 Å². The van der Waals surface area contributed by atoms with Crippen LogP contribution in [-0.4, -0.2) is 27.9 Å². The summed E-state index contributed by atoms with van der Waals surface area (Å²) in [6.45, 7) is 0. The van der Waals surface area contributed by atoms with Gasteiger partial charge in [0.15, 0.2) is 0 Å². The standard InChI is InChI=1S/C24H21Cl2NO3/c25-15-10-4-8-13-17(15)19-18-14(9-5-11-16(18)26)24(13,30)21-20(19)22(28)27(23(21)29)12-6-2-1-3-7-12/h4-5,8-12,19-21,30H,1-3,6-7H2. The van der Waals surface area contributed by atoms with Crippen molar-refractivity contribution >= 4 is 35.0 Å². The molecule has 4 aliphatic carbocycles. The summed E-state index contributed by atoms with van der Waals surface area (Å²) in [5.74, 6) is -2.38. The molecule has 2 bridgehead atoms. The minimum absolute atomic E-state index is 0.0791. The van der Waals surface area contributed by atoms with Crippen molar-refractivity contribution in [1.29, 1.82) is 0 Å². The van der Waals surface area contributed by atoms with Crippen LogP contribution in [0.3, 0.4) is 0 Å². The second-order valence-electron chi connectivity index (χ2n) is 8.99. The third kappa shape index (κ3) is 2.12. The van der Waals surface area contributed by atoms with E-state index in [2.05, 4.69) is 0 Å². The molecule has 2 aromatic carbocycles. The summed E-state index contributed by atoms with van der Waals surface area (Å²) >= 11 is 13.2. The first kappa shape index (κ1) is 18.9. The summed E-state index contributed by atoms with van der Waals surface area (Å²) in [5.41, 5.74) is 1.10. The molecule has 2 fully saturated rings. The van der Waals surface area contributed by atoms with Crippen molar-refractivity contribution in [1.82, 2.24) is 4.90 Å². The summed E-state index contributed by atoms with van der Waals surface area (Å²) in [6, 6.07) is 10.7. The number of aliphatic hydroxyl groups is 1. The van der Waals surface area contributed by atoms with Crippen LogP contribution in [0.2, 0.25) is 10.0 Å². The van der Waals surface area contributed by atoms with Crippen LogP contribution in [0.4, 0.5) is 0 Å². The van der Waals surface area contributed by atoms with Crippen LogP contribution in [-0.2, 0) is 15.2 Å². The zero-order valence-corrected chi connectivity index (χ0v) is 17.8. The number of carbonyl (C=O) groups is 2. The number of rotatable bonds is 1. The predicted octanol–water partition coefficient (Wildman–Crippen LogP) is 4.62. The maximum atomic E-state index is 13.7. The topological polar surface area (TPSA) is 57.6 Å². The van der Waals surface area contributed by atoms with Gasteiger partial charge >= 0.3 is 0 Å². The van der Waals surface area contributed by atoms with E-state index in [1.165, 1.54) is 4.90 Å². The first-order chi connectivity index (χ1) is 14.5. The molecule has 0 aromatic heterocycles. The number of nitrogens with zero attached hydrogens (tertiary/aromatic N) is 1. The van der Waals surface area contributed by atoms with Crippen LogP contribution < -0.4 is 0 Å². The lowest BCUT2D eigenvalue weighted by molar-refractivity contribution is -0.145. The van der Waals surface area contributed by atoms with Crippen molar-refractivity contribution in [3.8, 4) is 0 Å². The molecule has 0 spiro atoms. The van der Waals surface area contributed by atoms with Crippen LogP contribution in [0.25, 0.3) is 0 Å². The number of likely N-dealkylation sites (tertiary alicyclic amines) is 1. The van der Waals surface area contributed by atoms with Crippen molar-refractivity contribution in [3.63, 3.8) is 0 Å². The average Bonchev–Trinajstić information content (AvgIpc) is 3.02. The Labute approximate surface area is 184 Å². The Kier molecular flexibility index (Phi) is 3.97. The van der Waals surface area contributed by atoms with Gasteiger partial charge in [-0.1, -0.05) is 66.7 Å². The van der Waals surface area contributed by atoms with Gasteiger partial charge in [0.1, 0.15) is 5.60 Å². The fourth-order valence-corrected chi connectivity index (χ4v) is 7.13. The van der Waals surface area contributed by atoms with E-state index >= 15 is 0 Å². The molecule has 7 rings (SSSR count). The van der Waals surface area contributed by atoms with E-state index in [0.29, 0.717) is 21.2 Å². The normalized spacial score (nSPS) is 32.2. The molecule has 30 heavy (non-hydrogen) atoms. The summed E-state index contributed by atoms with van der Waals surface area (Å²) in [4.78, 5) is 28.9. The Morgan fingerprint density at radius 3 is 2.00 bits per heavy atom. The van der Waals surface area contributed by atoms with Gasteiger partial charge in [0.05, 0.1) is 11.8 Å². The van der Waals surface area contributed by atoms with E-state index in [0.717, 1.165) is 43.2 Å². The summed E-state index contributed by atoms with van der Waals surface area (Å²) in [6.07, 6.45) is 4.84. The van der Waals surface area contributed by atoms with Crippen molar-refractivity contribution in [2.45, 2.75) is 49.7 Å². The highest BCUT2D eigenvalue weighted by molar-refractivity contribution is 6.33. The molecule has 1 saturated heterocycles. The van der Waals surface area contributed by atoms with Gasteiger partial charge in [-0.25, -0.2) is 0 Å². The molecule has 2 atom stereocenters. The van der Waals surface area contributed by atoms with Crippen molar-refractivity contribution in [2.75, 3.05) is 0 Å². The Morgan fingerprint density at radius 2 is 1.43 bits per heavy atom. The van der Waals surface area contributed by atoms with E-state index in [1.807, 2.05) is 12.1 Å². The lowest BCUT2D eigenvalue weighted by atomic mass is 9.52. The van der Waals surface area contributed by atoms with E-state index in [4.69, 9.17) is 23.2 Å². The van der Waals surface area contributed by atoms with E-state index < -0.39 is 23.4 Å². The number of carbonyl (C=O) groups excluding carboxylic acids is 2. The molecular formula is C24H21Cl2NO3. The van der Waals surface area contributed by atoms with E-state index in [-0.39, 0.29) is 17.9 Å². The molecule has 1 N–H and O–H groups in total. The fourth-order valence-electron chi connectivity index (χ4n) is 6.54. The number of hydrogen-bond acceptors (Lipinski definition) is 3. The molecule has 1 heterocycles. The minimum atomic E-state index is -1.62. The smallest absolute Gasteiger partial charge is 0.237 e. The zero-order valence-electron chi connectivity index (χ0n) is 16.3. The van der Waals surface area contributed by atoms with Crippen molar-refractivity contribution < 1.29 is 14.7 Å². The number of benzene rings is 2. The summed E-state index contributed by atoms with van der Waals surface area (Å²) < 4.78 is 0. The molecule has 6 heteroatoms. The lowest BCUT2D eigenvalue weighted by Crippen LogP contribution is -2.53. The molecule has 0 radical (unpaired) electrons. The Morgan fingerprint density at radius 1 is 0.867 bits per heavy atom. The van der Waals surface area contributed by atoms with Gasteiger partial charge in [0, 0.05) is 22.0 Å². The van der Waals surface area contributed by atoms with Gasteiger partial charge in [-0.05, 0) is 47.2 Å². The number of amides is 2. The van der Waals surface area contributed by atoms with E-state index in [9.17, 15) is 14.7 Å². The average molecular weight is 442 g/mol. The lowest BCUT2D eigenvalue weighted by Gasteiger charge is -2.51. The molecule has 5 aliphatic rings. The maximum absolute atomic E-state index is 13.7. The molecular weight excluding hydrogens is 421 g/mol. The van der Waals surface area contributed by atoms with Gasteiger partial charge in [-0.15, -0.1) is 0 Å². The molecule has 2 aromatic rings. The quantitative estimate of drug-likeness (QED) is 0.656. The second-order valence-corrected chi connectivity index (χ2v) is 9.80. The molecule has 1 aliphatic heterocycles. The molecule has 2 amide bonds. The van der Waals surface area contributed by atoms with E-state index in [1.54, 1.807) is 24.3 Å². The monoisotopic (exact) mass is 441 g/mol. The SMILES string of the molecule is O=C1C2C3c4c(Cl)cccc4C(O)(c4cccc(Cl)c43)C2C(=O)N1C1CCCCC1. The molecule has 4 nitrogen and oxygen atoms in total. The van der Waals surface area contributed by atoms with Crippen molar-refractivity contribution in [3.05, 3.63) is 68.7 Å². The van der Waals surface area contributed by atoms with Crippen LogP contribution in [0.15, 0.2) is 36.4 Å². The number of hydrogen-bond donors (Lipinski definition) is 1. The third-order valence-corrected chi connectivity index (χ3v) is 8.34. The Hall–Kier alpha value is -1.88. The van der Waals surface area contributed by atoms with Gasteiger partial charge in [-0.2, -0.15) is 0 Å². The number of imide groups is 1.